The van der Waals surface area contributed by atoms with Gasteiger partial charge in [-0.05, 0) is 63.2 Å². The van der Waals surface area contributed by atoms with Crippen molar-refractivity contribution in [3.63, 3.8) is 0 Å². The first kappa shape index (κ1) is 35.5. The zero-order valence-corrected chi connectivity index (χ0v) is 33.4. The molecule has 0 bridgehead atoms. The molecule has 5 nitrogen and oxygen atoms in total. The van der Waals surface area contributed by atoms with Crippen LogP contribution in [-0.2, 0) is 0 Å². The summed E-state index contributed by atoms with van der Waals surface area (Å²) in [6.07, 6.45) is 0. The van der Waals surface area contributed by atoms with Crippen molar-refractivity contribution in [2.24, 2.45) is 0 Å². The van der Waals surface area contributed by atoms with Gasteiger partial charge in [0.15, 0.2) is 17.5 Å². The van der Waals surface area contributed by atoms with Crippen LogP contribution >= 0.6 is 0 Å². The lowest BCUT2D eigenvalue weighted by molar-refractivity contribution is 0.669. The molecule has 12 rings (SSSR count). The van der Waals surface area contributed by atoms with E-state index in [-0.39, 0.29) is 0 Å². The maximum absolute atomic E-state index is 6.57. The van der Waals surface area contributed by atoms with Crippen LogP contribution in [0.25, 0.3) is 123 Å². The highest BCUT2D eigenvalue weighted by Crippen LogP contribution is 2.40. The predicted octanol–water partition coefficient (Wildman–Crippen LogP) is 15.3. The Morgan fingerprint density at radius 3 is 1.39 bits per heavy atom. The zero-order valence-electron chi connectivity index (χ0n) is 33.4. The van der Waals surface area contributed by atoms with Gasteiger partial charge in [-0.15, -0.1) is 0 Å². The smallest absolute Gasteiger partial charge is 0.164 e. The van der Waals surface area contributed by atoms with Crippen LogP contribution < -0.4 is 0 Å². The normalized spacial score (nSPS) is 11.5. The number of para-hydroxylation sites is 2. The molecule has 3 heterocycles. The standard InChI is InChI=1S/C57H35N3O2/c1-3-11-36(12-4-1)37-25-31-43(32-26-37)56-58-55(42-13-5-2-6-14-42)59-57(60-56)44-33-34-49-52(35-44)61-51-20-10-16-45(53(49)51)40-27-21-38(22-28-40)39-23-29-41(30-24-39)46-17-9-18-48-47-15-7-8-19-50(47)62-54(46)48/h1-35H. The Hall–Kier alpha value is -8.41. The van der Waals surface area contributed by atoms with Gasteiger partial charge in [-0.3, -0.25) is 0 Å². The lowest BCUT2D eigenvalue weighted by atomic mass is 9.95. The van der Waals surface area contributed by atoms with Crippen LogP contribution in [0.4, 0.5) is 0 Å². The van der Waals surface area contributed by atoms with Gasteiger partial charge >= 0.3 is 0 Å². The van der Waals surface area contributed by atoms with E-state index in [2.05, 4.69) is 152 Å². The van der Waals surface area contributed by atoms with Gasteiger partial charge in [0.25, 0.3) is 0 Å². The molecule has 0 unspecified atom stereocenters. The fourth-order valence-corrected chi connectivity index (χ4v) is 8.66. The quantitative estimate of drug-likeness (QED) is 0.161. The van der Waals surface area contributed by atoms with E-state index < -0.39 is 0 Å². The number of nitrogens with zero attached hydrogens (tertiary/aromatic N) is 3. The molecule has 3 aromatic heterocycles. The maximum atomic E-state index is 6.57. The van der Waals surface area contributed by atoms with Gasteiger partial charge in [-0.2, -0.15) is 0 Å². The second-order valence-electron chi connectivity index (χ2n) is 15.5. The van der Waals surface area contributed by atoms with Crippen molar-refractivity contribution in [1.82, 2.24) is 15.0 Å². The molecule has 0 saturated heterocycles. The lowest BCUT2D eigenvalue weighted by Gasteiger charge is -2.09. The van der Waals surface area contributed by atoms with Crippen molar-refractivity contribution in [3.8, 4) is 78.7 Å². The number of fused-ring (bicyclic) bond motifs is 6. The highest BCUT2D eigenvalue weighted by atomic mass is 16.3. The molecule has 0 N–H and O–H groups in total. The Bertz CT molecular complexity index is 3590. The number of aromatic nitrogens is 3. The van der Waals surface area contributed by atoms with E-state index in [9.17, 15) is 0 Å². The van der Waals surface area contributed by atoms with Crippen LogP contribution in [0.2, 0.25) is 0 Å². The van der Waals surface area contributed by atoms with Crippen LogP contribution in [-0.4, -0.2) is 15.0 Å². The third-order valence-corrected chi connectivity index (χ3v) is 11.8. The van der Waals surface area contributed by atoms with E-state index in [0.717, 1.165) is 105 Å². The number of hydrogen-bond acceptors (Lipinski definition) is 5. The molecule has 0 radical (unpaired) electrons. The second-order valence-corrected chi connectivity index (χ2v) is 15.5. The molecular weight excluding hydrogens is 759 g/mol. The minimum Gasteiger partial charge on any atom is -0.456 e. The summed E-state index contributed by atoms with van der Waals surface area (Å²) in [6.45, 7) is 0. The van der Waals surface area contributed by atoms with Crippen molar-refractivity contribution in [3.05, 3.63) is 212 Å². The summed E-state index contributed by atoms with van der Waals surface area (Å²) in [5, 5.41) is 4.38. The first-order chi connectivity index (χ1) is 30.7. The van der Waals surface area contributed by atoms with Gasteiger partial charge in [0.2, 0.25) is 0 Å². The monoisotopic (exact) mass is 793 g/mol. The highest BCUT2D eigenvalue weighted by Gasteiger charge is 2.18. The SMILES string of the molecule is c1ccc(-c2ccc(-c3nc(-c4ccccc4)nc(-c4ccc5c(c4)oc4cccc(-c6ccc(-c7ccc(-c8cccc9c8oc8ccccc89)cc7)cc6)c45)n3)cc2)cc1. The fourth-order valence-electron chi connectivity index (χ4n) is 8.66. The fraction of sp³-hybridized carbons (Fsp3) is 0. The average molecular weight is 794 g/mol. The molecule has 290 valence electrons. The van der Waals surface area contributed by atoms with Crippen LogP contribution in [0.3, 0.4) is 0 Å². The zero-order chi connectivity index (χ0) is 41.0. The lowest BCUT2D eigenvalue weighted by Crippen LogP contribution is -2.00. The minimum absolute atomic E-state index is 0.582. The van der Waals surface area contributed by atoms with Crippen molar-refractivity contribution in [2.45, 2.75) is 0 Å². The van der Waals surface area contributed by atoms with Gasteiger partial charge in [0.1, 0.15) is 22.3 Å². The van der Waals surface area contributed by atoms with E-state index >= 15 is 0 Å². The topological polar surface area (TPSA) is 65.0 Å². The molecule has 0 aliphatic heterocycles. The van der Waals surface area contributed by atoms with E-state index in [4.69, 9.17) is 23.8 Å². The molecule has 0 amide bonds. The first-order valence-electron chi connectivity index (χ1n) is 20.7. The molecule has 12 aromatic rings. The number of hydrogen-bond donors (Lipinski definition) is 0. The maximum Gasteiger partial charge on any atom is 0.164 e. The molecule has 0 aliphatic rings. The van der Waals surface area contributed by atoms with Crippen LogP contribution in [0, 0.1) is 0 Å². The van der Waals surface area contributed by atoms with E-state index in [0.29, 0.717) is 17.5 Å². The molecule has 0 aliphatic carbocycles. The van der Waals surface area contributed by atoms with Gasteiger partial charge in [0, 0.05) is 43.8 Å². The Morgan fingerprint density at radius 2 is 0.710 bits per heavy atom. The summed E-state index contributed by atoms with van der Waals surface area (Å²) in [4.78, 5) is 15.0. The summed E-state index contributed by atoms with van der Waals surface area (Å²) < 4.78 is 12.9. The van der Waals surface area contributed by atoms with Gasteiger partial charge < -0.3 is 8.83 Å². The average Bonchev–Trinajstić information content (AvgIpc) is 3.93. The molecule has 0 saturated carbocycles. The molecule has 0 fully saturated rings. The summed E-state index contributed by atoms with van der Waals surface area (Å²) in [5.41, 5.74) is 15.2. The molecule has 9 aromatic carbocycles. The van der Waals surface area contributed by atoms with Crippen molar-refractivity contribution in [1.29, 1.82) is 0 Å². The molecule has 0 atom stereocenters. The first-order valence-corrected chi connectivity index (χ1v) is 20.7. The molecule has 62 heavy (non-hydrogen) atoms. The van der Waals surface area contributed by atoms with E-state index in [1.807, 2.05) is 60.7 Å². The van der Waals surface area contributed by atoms with Gasteiger partial charge in [-0.25, -0.2) is 15.0 Å². The number of rotatable bonds is 7. The van der Waals surface area contributed by atoms with E-state index in [1.165, 1.54) is 0 Å². The van der Waals surface area contributed by atoms with Gasteiger partial charge in [0.05, 0.1) is 0 Å². The summed E-state index contributed by atoms with van der Waals surface area (Å²) in [6, 6.07) is 73.4. The Labute approximate surface area is 357 Å². The Kier molecular flexibility index (Phi) is 8.42. The summed E-state index contributed by atoms with van der Waals surface area (Å²) in [5.74, 6) is 1.81. The third-order valence-electron chi connectivity index (χ3n) is 11.8. The minimum atomic E-state index is 0.582. The van der Waals surface area contributed by atoms with Crippen molar-refractivity contribution >= 4 is 43.9 Å². The van der Waals surface area contributed by atoms with Crippen LogP contribution in [0.1, 0.15) is 0 Å². The largest absolute Gasteiger partial charge is 0.456 e. The third kappa shape index (κ3) is 6.23. The van der Waals surface area contributed by atoms with Crippen LogP contribution in [0.5, 0.6) is 0 Å². The van der Waals surface area contributed by atoms with E-state index in [1.54, 1.807) is 0 Å². The van der Waals surface area contributed by atoms with Crippen LogP contribution in [0.15, 0.2) is 221 Å². The highest BCUT2D eigenvalue weighted by molar-refractivity contribution is 6.13. The molecule has 0 spiro atoms. The molecular formula is C57H35N3O2. The van der Waals surface area contributed by atoms with Crippen molar-refractivity contribution in [2.75, 3.05) is 0 Å². The molecule has 5 heteroatoms. The predicted molar refractivity (Wildman–Crippen MR) is 252 cm³/mol. The second kappa shape index (κ2) is 14.7. The van der Waals surface area contributed by atoms with Crippen molar-refractivity contribution < 1.29 is 8.83 Å². The Morgan fingerprint density at radius 1 is 0.258 bits per heavy atom. The number of furan rings is 2. The summed E-state index contributed by atoms with van der Waals surface area (Å²) in [7, 11) is 0. The number of benzene rings is 9. The van der Waals surface area contributed by atoms with Gasteiger partial charge in [-0.1, -0.05) is 188 Å². The summed E-state index contributed by atoms with van der Waals surface area (Å²) >= 11 is 0. The Balaban J connectivity index is 0.866.